The molecule has 0 aromatic heterocycles. The number of carbonyl (C=O) groups excluding carboxylic acids is 7. The van der Waals surface area contributed by atoms with Crippen molar-refractivity contribution in [1.82, 2.24) is 34.7 Å². The zero-order chi connectivity index (χ0) is 67.1. The van der Waals surface area contributed by atoms with E-state index in [4.69, 9.17) is 20.3 Å². The van der Waals surface area contributed by atoms with Gasteiger partial charge >= 0.3 is 18.2 Å². The van der Waals surface area contributed by atoms with Crippen LogP contribution < -0.4 is 11.1 Å². The third-order valence-corrected chi connectivity index (χ3v) is 15.2. The number of rotatable bonds is 19. The molecule has 0 aliphatic carbocycles. The number of nitrogens with two attached hydrogens (primary N) is 1. The molecular formula is C66H84F2N8O15. The minimum Gasteiger partial charge on any atom is -0.508 e. The number of benzene rings is 4. The van der Waals surface area contributed by atoms with Crippen molar-refractivity contribution in [3.05, 3.63) is 156 Å². The molecule has 0 radical (unpaired) electrons. The smallest absolute Gasteiger partial charge is 0.411 e. The number of nitrogens with zero attached hydrogens (tertiary/aromatic N) is 6. The second-order valence-corrected chi connectivity index (χ2v) is 24.8. The third kappa shape index (κ3) is 20.5. The summed E-state index contributed by atoms with van der Waals surface area (Å²) < 4.78 is 39.0. The summed E-state index contributed by atoms with van der Waals surface area (Å²) in [5.74, 6) is -6.05. The molecule has 4 heterocycles. The van der Waals surface area contributed by atoms with Crippen LogP contribution in [0.5, 0.6) is 11.5 Å². The third-order valence-electron chi connectivity index (χ3n) is 15.2. The number of halogens is 2. The molecule has 8 atom stereocenters. The van der Waals surface area contributed by atoms with E-state index in [1.54, 1.807) is 58.6 Å². The molecule has 4 aliphatic rings. The number of likely N-dealkylation sites (tertiary alicyclic amines) is 2. The van der Waals surface area contributed by atoms with Gasteiger partial charge in [-0.05, 0) is 101 Å². The van der Waals surface area contributed by atoms with Gasteiger partial charge < -0.3 is 65.7 Å². The Morgan fingerprint density at radius 2 is 1.01 bits per heavy atom. The minimum absolute atomic E-state index is 0.0168. The highest BCUT2D eigenvalue weighted by Crippen LogP contribution is 2.28. The van der Waals surface area contributed by atoms with Crippen LogP contribution in [-0.2, 0) is 64.2 Å². The van der Waals surface area contributed by atoms with E-state index in [1.165, 1.54) is 37.8 Å². The van der Waals surface area contributed by atoms with Gasteiger partial charge in [0.05, 0.1) is 24.0 Å². The lowest BCUT2D eigenvalue weighted by Crippen LogP contribution is -2.66. The lowest BCUT2D eigenvalue weighted by Gasteiger charge is -2.44. The predicted octanol–water partition coefficient (Wildman–Crippen LogP) is 5.12. The van der Waals surface area contributed by atoms with Gasteiger partial charge in [0.2, 0.25) is 29.5 Å². The fraction of sp³-hybridized carbons (Fsp3) is 0.455. The van der Waals surface area contributed by atoms with Gasteiger partial charge in [-0.2, -0.15) is 0 Å². The number of hydrogen-bond acceptors (Lipinski definition) is 15. The molecule has 0 bridgehead atoms. The van der Waals surface area contributed by atoms with E-state index < -0.39 is 107 Å². The van der Waals surface area contributed by atoms with Crippen molar-refractivity contribution in [3.8, 4) is 11.5 Å². The number of nitrogens with one attached hydrogen (secondary N) is 1. The average Bonchev–Trinajstić information content (AvgIpc) is 1.40. The van der Waals surface area contributed by atoms with Crippen molar-refractivity contribution in [3.63, 3.8) is 0 Å². The number of aliphatic hydroxyl groups excluding tert-OH is 2. The molecule has 8 rings (SSSR count). The first-order valence-electron chi connectivity index (χ1n) is 29.9. The van der Waals surface area contributed by atoms with Crippen molar-refractivity contribution >= 4 is 47.7 Å². The number of amides is 7. The summed E-state index contributed by atoms with van der Waals surface area (Å²) in [7, 11) is 0. The quantitative estimate of drug-likeness (QED) is 0.0600. The summed E-state index contributed by atoms with van der Waals surface area (Å²) in [5, 5.41) is 54.1. The number of ether oxygens (including phenoxy) is 2. The Labute approximate surface area is 528 Å². The summed E-state index contributed by atoms with van der Waals surface area (Å²) >= 11 is 0. The van der Waals surface area contributed by atoms with Crippen LogP contribution in [0.4, 0.5) is 18.4 Å². The molecule has 4 aromatic carbocycles. The number of carboxylic acids is 1. The first kappa shape index (κ1) is 71.1. The van der Waals surface area contributed by atoms with E-state index in [9.17, 15) is 67.6 Å². The van der Waals surface area contributed by atoms with Crippen LogP contribution in [0, 0.1) is 23.5 Å². The Hall–Kier alpha value is -8.94. The summed E-state index contributed by atoms with van der Waals surface area (Å²) in [5.41, 5.74) is 6.89. The maximum absolute atomic E-state index is 14.3. The molecule has 23 nitrogen and oxygen atoms in total. The lowest BCUT2D eigenvalue weighted by molar-refractivity contribution is -0.149. The van der Waals surface area contributed by atoms with E-state index in [2.05, 4.69) is 18.5 Å². The van der Waals surface area contributed by atoms with Gasteiger partial charge in [-0.25, -0.2) is 18.4 Å². The second-order valence-electron chi connectivity index (χ2n) is 24.8. The molecular weight excluding hydrogens is 1180 g/mol. The van der Waals surface area contributed by atoms with Gasteiger partial charge in [0.1, 0.15) is 52.5 Å². The van der Waals surface area contributed by atoms with E-state index in [0.29, 0.717) is 25.2 Å². The van der Waals surface area contributed by atoms with Crippen molar-refractivity contribution in [2.75, 3.05) is 52.4 Å². The van der Waals surface area contributed by atoms with Crippen LogP contribution in [-0.4, -0.2) is 203 Å². The van der Waals surface area contributed by atoms with Crippen LogP contribution in [0.15, 0.2) is 122 Å². The molecule has 0 spiro atoms. The number of carbonyl (C=O) groups is 8. The highest BCUT2D eigenvalue weighted by molar-refractivity contribution is 5.91. The van der Waals surface area contributed by atoms with Crippen LogP contribution in [0.1, 0.15) is 76.6 Å². The Morgan fingerprint density at radius 1 is 0.604 bits per heavy atom. The fourth-order valence-corrected chi connectivity index (χ4v) is 10.9. The zero-order valence-corrected chi connectivity index (χ0v) is 52.2. The number of hydrogen-bond donors (Lipinski definition) is 7. The molecule has 7 amide bonds. The molecule has 4 fully saturated rings. The van der Waals surface area contributed by atoms with Gasteiger partial charge in [-0.1, -0.05) is 72.8 Å². The molecule has 91 heavy (non-hydrogen) atoms. The lowest BCUT2D eigenvalue weighted by atomic mass is 9.92. The highest BCUT2D eigenvalue weighted by atomic mass is 19.1. The van der Waals surface area contributed by atoms with E-state index in [0.717, 1.165) is 34.2 Å². The summed E-state index contributed by atoms with van der Waals surface area (Å²) in [6.07, 6.45) is -1.65. The molecule has 0 saturated carbocycles. The summed E-state index contributed by atoms with van der Waals surface area (Å²) in [6.45, 7) is 19.7. The van der Waals surface area contributed by atoms with Crippen molar-refractivity contribution < 1.29 is 82.1 Å². The van der Waals surface area contributed by atoms with Crippen LogP contribution in [0.25, 0.3) is 0 Å². The molecule has 492 valence electrons. The standard InChI is InChI=1S/C33H41FN4O7.C25H32FN3O5.C8H11NO3/c1-5-11-36-20-23(17-27(36)40)30(42)35-26(16-22-14-24(34)18-25(39)15-22)29(41)28-31(43)37(19-21-9-7-6-8-10-21)12-13-38(28)32(44)45-33(2,3)4;1-25(2,3)34-24(33)29-10-9-28(15-16-7-5-4-6-8-16)23(32)21(29)22(31)20(27)13-17-11-18(26)14-19(30)12-17;1-2-3-9-5-6(8(11)12)4-7(9)10/h5-10,14-15,18,23,26,28-29,39,41H,1,11-13,16-17,19-20H2,2-4H3,(H,35,42);4-8,11-12,14,20-22,30-31H,9-10,13,15,27H2,1-3H3;2,6H,1,3-5H2,(H,11,12)/t23?,26-,28-,29-;20-,21-,22-;6-/m000/s1. The van der Waals surface area contributed by atoms with Crippen LogP contribution in [0.3, 0.4) is 0 Å². The van der Waals surface area contributed by atoms with Gasteiger partial charge in [-0.3, -0.25) is 38.6 Å². The number of aliphatic hydroxyl groups is 2. The van der Waals surface area contributed by atoms with E-state index in [1.807, 2.05) is 60.7 Å². The predicted molar refractivity (Wildman–Crippen MR) is 330 cm³/mol. The van der Waals surface area contributed by atoms with Crippen molar-refractivity contribution in [2.45, 2.75) is 128 Å². The maximum atomic E-state index is 14.3. The summed E-state index contributed by atoms with van der Waals surface area (Å²) in [4.78, 5) is 110. The number of phenolic OH excluding ortho intramolecular Hbond substituents is 2. The van der Waals surface area contributed by atoms with Crippen molar-refractivity contribution in [2.24, 2.45) is 17.6 Å². The summed E-state index contributed by atoms with van der Waals surface area (Å²) in [6, 6.07) is 20.5. The minimum atomic E-state index is -1.68. The average molecular weight is 1270 g/mol. The molecule has 1 unspecified atom stereocenters. The van der Waals surface area contributed by atoms with Gasteiger partial charge in [0, 0.05) is 96.5 Å². The maximum Gasteiger partial charge on any atom is 0.411 e. The normalized spacial score (nSPS) is 19.9. The molecule has 4 saturated heterocycles. The highest BCUT2D eigenvalue weighted by Gasteiger charge is 2.48. The monoisotopic (exact) mass is 1270 g/mol. The van der Waals surface area contributed by atoms with Gasteiger partial charge in [0.15, 0.2) is 0 Å². The molecule has 4 aromatic rings. The van der Waals surface area contributed by atoms with Gasteiger partial charge in [-0.15, -0.1) is 13.2 Å². The first-order valence-corrected chi connectivity index (χ1v) is 29.9. The Balaban J connectivity index is 0.000000251. The van der Waals surface area contributed by atoms with Crippen LogP contribution in [0.2, 0.25) is 0 Å². The van der Waals surface area contributed by atoms with Crippen molar-refractivity contribution in [1.29, 1.82) is 0 Å². The molecule has 4 aliphatic heterocycles. The largest absolute Gasteiger partial charge is 0.508 e. The number of aliphatic carboxylic acids is 1. The Morgan fingerprint density at radius 3 is 1.41 bits per heavy atom. The zero-order valence-electron chi connectivity index (χ0n) is 52.2. The number of carboxylic acid groups (broad SMARTS) is 1. The van der Waals surface area contributed by atoms with Gasteiger partial charge in [0.25, 0.3) is 0 Å². The Bertz CT molecular complexity index is 3200. The molecule has 8 N–H and O–H groups in total. The Kier molecular flexibility index (Phi) is 24.8. The second kappa shape index (κ2) is 31.7. The SMILES string of the molecule is C=CCN1CC(C(=O)N[C@@H](Cc2cc(O)cc(F)c2)[C@H](O)[C@H]2C(=O)N(Cc3ccccc3)CCN2C(=O)OC(C)(C)C)CC1=O.C=CCN1C[C@@H](C(=O)O)CC1=O.CC(C)(C)OC(=O)N1CCN(Cc2ccccc2)C(=O)[C@@H]1[C@@H](O)[C@@H](N)Cc1cc(O)cc(F)c1. The fourth-order valence-electron chi connectivity index (χ4n) is 10.9. The van der Waals surface area contributed by atoms with Crippen LogP contribution >= 0.6 is 0 Å². The number of piperazine rings is 2. The van der Waals surface area contributed by atoms with E-state index >= 15 is 0 Å². The van der Waals surface area contributed by atoms with E-state index in [-0.39, 0.29) is 100 Å². The topological polar surface area (TPSA) is 314 Å². The number of aromatic hydroxyl groups is 2. The molecule has 25 heteroatoms. The number of phenols is 2. The first-order chi connectivity index (χ1) is 42.8.